The number of carbonyl (C=O) groups excluding carboxylic acids is 1. The summed E-state index contributed by atoms with van der Waals surface area (Å²) >= 11 is 0. The van der Waals surface area contributed by atoms with Gasteiger partial charge in [0.2, 0.25) is 5.91 Å². The van der Waals surface area contributed by atoms with Crippen molar-refractivity contribution in [3.63, 3.8) is 0 Å². The molecule has 2 aromatic heterocycles. The molecule has 0 radical (unpaired) electrons. The monoisotopic (exact) mass is 296 g/mol. The minimum absolute atomic E-state index is 0.125. The number of hydrogen-bond donors (Lipinski definition) is 1. The van der Waals surface area contributed by atoms with Gasteiger partial charge in [0.05, 0.1) is 19.8 Å². The SMILES string of the molecule is COc1ccc2c(CC(=O)Nc3ncccc3C)coc2c1. The number of aryl methyl sites for hydroxylation is 1. The Balaban J connectivity index is 1.78. The molecule has 0 spiro atoms. The Morgan fingerprint density at radius 2 is 2.23 bits per heavy atom. The number of nitrogens with one attached hydrogen (secondary N) is 1. The van der Waals surface area contributed by atoms with E-state index in [1.54, 1.807) is 25.6 Å². The summed E-state index contributed by atoms with van der Waals surface area (Å²) in [7, 11) is 1.60. The van der Waals surface area contributed by atoms with E-state index in [9.17, 15) is 4.79 Å². The molecule has 0 aliphatic rings. The van der Waals surface area contributed by atoms with E-state index in [-0.39, 0.29) is 12.3 Å². The summed E-state index contributed by atoms with van der Waals surface area (Å²) in [5.74, 6) is 1.18. The first-order valence-corrected chi connectivity index (χ1v) is 6.93. The van der Waals surface area contributed by atoms with Crippen molar-refractivity contribution in [2.24, 2.45) is 0 Å². The van der Waals surface area contributed by atoms with Gasteiger partial charge in [0.25, 0.3) is 0 Å². The predicted molar refractivity (Wildman–Crippen MR) is 84.1 cm³/mol. The molecule has 0 unspecified atom stereocenters. The summed E-state index contributed by atoms with van der Waals surface area (Å²) in [6, 6.07) is 9.29. The van der Waals surface area contributed by atoms with Crippen LogP contribution in [0.1, 0.15) is 11.1 Å². The van der Waals surface area contributed by atoms with Crippen LogP contribution in [-0.2, 0) is 11.2 Å². The zero-order valence-electron chi connectivity index (χ0n) is 12.4. The first kappa shape index (κ1) is 14.1. The molecule has 0 saturated carbocycles. The van der Waals surface area contributed by atoms with E-state index < -0.39 is 0 Å². The summed E-state index contributed by atoms with van der Waals surface area (Å²) in [5, 5.41) is 3.73. The standard InChI is InChI=1S/C17H16N2O3/c1-11-4-3-7-18-17(11)19-16(20)8-12-10-22-15-9-13(21-2)5-6-14(12)15/h3-7,9-10H,8H2,1-2H3,(H,18,19,20). The number of methoxy groups -OCH3 is 1. The van der Waals surface area contributed by atoms with Gasteiger partial charge in [-0.1, -0.05) is 6.07 Å². The number of benzene rings is 1. The largest absolute Gasteiger partial charge is 0.497 e. The molecule has 0 aliphatic carbocycles. The quantitative estimate of drug-likeness (QED) is 0.802. The summed E-state index contributed by atoms with van der Waals surface area (Å²) in [5.41, 5.74) is 2.47. The molecule has 2 heterocycles. The number of fused-ring (bicyclic) bond motifs is 1. The van der Waals surface area contributed by atoms with Crippen LogP contribution in [0.2, 0.25) is 0 Å². The Labute approximate surface area is 127 Å². The lowest BCUT2D eigenvalue weighted by Gasteiger charge is -2.06. The molecule has 5 nitrogen and oxygen atoms in total. The molecule has 3 rings (SSSR count). The molecular weight excluding hydrogens is 280 g/mol. The highest BCUT2D eigenvalue weighted by molar-refractivity contribution is 5.95. The number of furan rings is 1. The minimum Gasteiger partial charge on any atom is -0.497 e. The van der Waals surface area contributed by atoms with Gasteiger partial charge in [-0.25, -0.2) is 4.98 Å². The average molecular weight is 296 g/mol. The Morgan fingerprint density at radius 1 is 1.36 bits per heavy atom. The summed E-state index contributed by atoms with van der Waals surface area (Å²) in [4.78, 5) is 16.3. The third-order valence-electron chi connectivity index (χ3n) is 3.48. The number of carbonyl (C=O) groups is 1. The van der Waals surface area contributed by atoms with Crippen LogP contribution in [0.25, 0.3) is 11.0 Å². The van der Waals surface area contributed by atoms with Gasteiger partial charge in [0.1, 0.15) is 17.2 Å². The van der Waals surface area contributed by atoms with Crippen molar-refractivity contribution in [3.05, 3.63) is 53.9 Å². The van der Waals surface area contributed by atoms with Crippen LogP contribution < -0.4 is 10.1 Å². The number of anilines is 1. The van der Waals surface area contributed by atoms with Crippen molar-refractivity contribution in [2.45, 2.75) is 13.3 Å². The normalized spacial score (nSPS) is 10.6. The highest BCUT2D eigenvalue weighted by atomic mass is 16.5. The number of aromatic nitrogens is 1. The molecule has 0 aliphatic heterocycles. The lowest BCUT2D eigenvalue weighted by Crippen LogP contribution is -2.15. The van der Waals surface area contributed by atoms with E-state index in [2.05, 4.69) is 10.3 Å². The molecule has 1 amide bonds. The van der Waals surface area contributed by atoms with Gasteiger partial charge in [-0.3, -0.25) is 4.79 Å². The highest BCUT2D eigenvalue weighted by Gasteiger charge is 2.12. The van der Waals surface area contributed by atoms with Gasteiger partial charge in [-0.05, 0) is 30.7 Å². The Morgan fingerprint density at radius 3 is 3.00 bits per heavy atom. The molecule has 0 fully saturated rings. The van der Waals surface area contributed by atoms with Crippen LogP contribution in [0.3, 0.4) is 0 Å². The number of nitrogens with zero attached hydrogens (tertiary/aromatic N) is 1. The van der Waals surface area contributed by atoms with E-state index in [1.807, 2.05) is 31.2 Å². The van der Waals surface area contributed by atoms with Crippen molar-refractivity contribution in [2.75, 3.05) is 12.4 Å². The van der Waals surface area contributed by atoms with Gasteiger partial charge in [0, 0.05) is 23.2 Å². The fourth-order valence-corrected chi connectivity index (χ4v) is 2.29. The number of rotatable bonds is 4. The molecule has 1 aromatic carbocycles. The fourth-order valence-electron chi connectivity index (χ4n) is 2.29. The van der Waals surface area contributed by atoms with E-state index in [0.717, 1.165) is 22.3 Å². The van der Waals surface area contributed by atoms with Gasteiger partial charge in [-0.2, -0.15) is 0 Å². The molecule has 5 heteroatoms. The van der Waals surface area contributed by atoms with Crippen LogP contribution in [-0.4, -0.2) is 18.0 Å². The molecule has 22 heavy (non-hydrogen) atoms. The van der Waals surface area contributed by atoms with Crippen molar-refractivity contribution in [1.82, 2.24) is 4.98 Å². The van der Waals surface area contributed by atoms with Crippen molar-refractivity contribution >= 4 is 22.7 Å². The summed E-state index contributed by atoms with van der Waals surface area (Å²) < 4.78 is 10.6. The van der Waals surface area contributed by atoms with Crippen LogP contribution in [0.15, 0.2) is 47.2 Å². The Bertz CT molecular complexity index is 824. The van der Waals surface area contributed by atoms with E-state index in [0.29, 0.717) is 11.4 Å². The van der Waals surface area contributed by atoms with Crippen LogP contribution >= 0.6 is 0 Å². The highest BCUT2D eigenvalue weighted by Crippen LogP contribution is 2.26. The van der Waals surface area contributed by atoms with Crippen molar-refractivity contribution < 1.29 is 13.9 Å². The molecule has 0 atom stereocenters. The van der Waals surface area contributed by atoms with Gasteiger partial charge >= 0.3 is 0 Å². The average Bonchev–Trinajstić information content (AvgIpc) is 2.91. The number of ether oxygens (including phenoxy) is 1. The lowest BCUT2D eigenvalue weighted by molar-refractivity contribution is -0.115. The van der Waals surface area contributed by atoms with Crippen molar-refractivity contribution in [3.8, 4) is 5.75 Å². The first-order valence-electron chi connectivity index (χ1n) is 6.93. The number of pyridine rings is 1. The van der Waals surface area contributed by atoms with E-state index in [4.69, 9.17) is 9.15 Å². The smallest absolute Gasteiger partial charge is 0.230 e. The van der Waals surface area contributed by atoms with Gasteiger partial charge in [-0.15, -0.1) is 0 Å². The number of amides is 1. The summed E-state index contributed by atoms with van der Waals surface area (Å²) in [6.45, 7) is 1.90. The maximum absolute atomic E-state index is 12.2. The fraction of sp³-hybridized carbons (Fsp3) is 0.176. The zero-order valence-corrected chi connectivity index (χ0v) is 12.4. The second-order valence-corrected chi connectivity index (χ2v) is 5.02. The van der Waals surface area contributed by atoms with Crippen LogP contribution in [0.5, 0.6) is 5.75 Å². The number of hydrogen-bond acceptors (Lipinski definition) is 4. The molecule has 0 saturated heterocycles. The molecule has 112 valence electrons. The van der Waals surface area contributed by atoms with E-state index >= 15 is 0 Å². The molecule has 0 bridgehead atoms. The van der Waals surface area contributed by atoms with E-state index in [1.165, 1.54) is 0 Å². The lowest BCUT2D eigenvalue weighted by atomic mass is 10.1. The molecule has 1 N–H and O–H groups in total. The van der Waals surface area contributed by atoms with Crippen LogP contribution in [0.4, 0.5) is 5.82 Å². The van der Waals surface area contributed by atoms with Gasteiger partial charge in [0.15, 0.2) is 0 Å². The summed E-state index contributed by atoms with van der Waals surface area (Å²) in [6.07, 6.45) is 3.49. The Hall–Kier alpha value is -2.82. The second-order valence-electron chi connectivity index (χ2n) is 5.02. The maximum Gasteiger partial charge on any atom is 0.230 e. The third-order valence-corrected chi connectivity index (χ3v) is 3.48. The maximum atomic E-state index is 12.2. The predicted octanol–water partition coefficient (Wildman–Crippen LogP) is 3.33. The molecule has 3 aromatic rings. The van der Waals surface area contributed by atoms with Crippen LogP contribution in [0, 0.1) is 6.92 Å². The molecular formula is C17H16N2O3. The first-order chi connectivity index (χ1) is 10.7. The topological polar surface area (TPSA) is 64.4 Å². The second kappa shape index (κ2) is 5.89. The minimum atomic E-state index is -0.125. The van der Waals surface area contributed by atoms with Gasteiger partial charge < -0.3 is 14.5 Å². The third kappa shape index (κ3) is 2.79. The Kier molecular flexibility index (Phi) is 3.78. The zero-order chi connectivity index (χ0) is 15.5. The van der Waals surface area contributed by atoms with Crippen molar-refractivity contribution in [1.29, 1.82) is 0 Å².